The lowest BCUT2D eigenvalue weighted by molar-refractivity contribution is 0.449. The van der Waals surface area contributed by atoms with E-state index in [-0.39, 0.29) is 0 Å². The van der Waals surface area contributed by atoms with Crippen LogP contribution in [-0.2, 0) is 0 Å². The van der Waals surface area contributed by atoms with E-state index < -0.39 is 0 Å². The first-order chi connectivity index (χ1) is 17.0. The summed E-state index contributed by atoms with van der Waals surface area (Å²) < 4.78 is 0. The highest BCUT2D eigenvalue weighted by Gasteiger charge is 2.17. The number of aromatic amines is 2. The van der Waals surface area contributed by atoms with Crippen LogP contribution in [0.15, 0.2) is 73.1 Å². The molecule has 0 atom stereocenters. The maximum Gasteiger partial charge on any atom is 0.159 e. The van der Waals surface area contributed by atoms with Crippen LogP contribution in [-0.4, -0.2) is 50.7 Å². The zero-order valence-electron chi connectivity index (χ0n) is 20.4. The van der Waals surface area contributed by atoms with Crippen LogP contribution in [0.3, 0.4) is 0 Å². The van der Waals surface area contributed by atoms with Crippen LogP contribution in [0.25, 0.3) is 49.5 Å². The normalized spacial score (nSPS) is 12.8. The smallest absolute Gasteiger partial charge is 0.159 e. The number of aryl methyl sites for hydroxylation is 1. The summed E-state index contributed by atoms with van der Waals surface area (Å²) in [6.45, 7) is 8.99. The SMILES string of the molecule is C=C/C(=C\C(=C/C)c1ccc2[nH]nc(-c3nc4c(-c5ccc(C)s5)cncc4[nH]3)c2c1)CN(C)C. The molecular formula is C28H28N6S. The highest BCUT2D eigenvalue weighted by atomic mass is 32.1. The van der Waals surface area contributed by atoms with Crippen LogP contribution < -0.4 is 0 Å². The molecule has 0 bridgehead atoms. The second kappa shape index (κ2) is 9.44. The molecule has 1 aromatic carbocycles. The van der Waals surface area contributed by atoms with E-state index in [0.717, 1.165) is 67.1 Å². The average molecular weight is 481 g/mol. The summed E-state index contributed by atoms with van der Waals surface area (Å²) in [5.74, 6) is 0.725. The van der Waals surface area contributed by atoms with E-state index in [1.807, 2.05) is 18.5 Å². The molecule has 0 aliphatic carbocycles. The Kier molecular flexibility index (Phi) is 6.19. The van der Waals surface area contributed by atoms with Gasteiger partial charge in [-0.2, -0.15) is 5.10 Å². The zero-order valence-corrected chi connectivity index (χ0v) is 21.2. The van der Waals surface area contributed by atoms with Crippen LogP contribution in [0.5, 0.6) is 0 Å². The summed E-state index contributed by atoms with van der Waals surface area (Å²) >= 11 is 1.75. The van der Waals surface area contributed by atoms with Gasteiger partial charge in [0.05, 0.1) is 17.2 Å². The number of imidazole rings is 1. The second-order valence-corrected chi connectivity index (χ2v) is 10.1. The molecule has 0 unspecified atom stereocenters. The molecule has 5 aromatic rings. The second-order valence-electron chi connectivity index (χ2n) is 8.82. The van der Waals surface area contributed by atoms with Gasteiger partial charge in [0.25, 0.3) is 0 Å². The molecule has 176 valence electrons. The standard InChI is InChI=1S/C28H28N6S/c1-6-18(16-34(4)5)12-19(7-2)20-9-10-23-21(13-20)27(33-32-23)28-30-24-15-29-14-22(26(24)31-28)25-11-8-17(3)35-25/h6-15H,1,16H2,2-5H3,(H,30,31)(H,32,33)/b18-12+,19-7+. The van der Waals surface area contributed by atoms with Gasteiger partial charge in [-0.25, -0.2) is 4.98 Å². The summed E-state index contributed by atoms with van der Waals surface area (Å²) in [4.78, 5) is 17.4. The lowest BCUT2D eigenvalue weighted by Crippen LogP contribution is -2.14. The van der Waals surface area contributed by atoms with Crippen molar-refractivity contribution in [1.82, 2.24) is 30.0 Å². The largest absolute Gasteiger partial charge is 0.335 e. The number of benzene rings is 1. The number of nitrogens with one attached hydrogen (secondary N) is 2. The summed E-state index contributed by atoms with van der Waals surface area (Å²) in [5, 5.41) is 8.79. The van der Waals surface area contributed by atoms with Crippen LogP contribution >= 0.6 is 11.3 Å². The number of hydrogen-bond acceptors (Lipinski definition) is 5. The van der Waals surface area contributed by atoms with Gasteiger partial charge in [-0.1, -0.05) is 30.9 Å². The van der Waals surface area contributed by atoms with Crippen molar-refractivity contribution >= 4 is 38.8 Å². The maximum atomic E-state index is 4.96. The average Bonchev–Trinajstić information content (AvgIpc) is 3.58. The quantitative estimate of drug-likeness (QED) is 0.257. The third-order valence-corrected chi connectivity index (χ3v) is 6.97. The van der Waals surface area contributed by atoms with Gasteiger partial charge in [0.1, 0.15) is 11.2 Å². The van der Waals surface area contributed by atoms with E-state index in [1.165, 1.54) is 4.88 Å². The van der Waals surface area contributed by atoms with E-state index in [0.29, 0.717) is 0 Å². The van der Waals surface area contributed by atoms with Crippen molar-refractivity contribution in [2.24, 2.45) is 0 Å². The molecule has 35 heavy (non-hydrogen) atoms. The Balaban J connectivity index is 1.59. The summed E-state index contributed by atoms with van der Waals surface area (Å²) in [5.41, 5.74) is 8.01. The fourth-order valence-electron chi connectivity index (χ4n) is 4.25. The first-order valence-electron chi connectivity index (χ1n) is 11.5. The Hall–Kier alpha value is -3.81. The first kappa shape index (κ1) is 23.0. The van der Waals surface area contributed by atoms with Crippen LogP contribution in [0.4, 0.5) is 0 Å². The zero-order chi connectivity index (χ0) is 24.5. The number of hydrogen-bond donors (Lipinski definition) is 2. The van der Waals surface area contributed by atoms with E-state index in [9.17, 15) is 0 Å². The molecule has 0 fully saturated rings. The van der Waals surface area contributed by atoms with E-state index in [4.69, 9.17) is 4.98 Å². The van der Waals surface area contributed by atoms with Gasteiger partial charge in [0.15, 0.2) is 5.82 Å². The number of thiophene rings is 1. The molecule has 0 saturated carbocycles. The van der Waals surface area contributed by atoms with Gasteiger partial charge in [-0.15, -0.1) is 11.3 Å². The van der Waals surface area contributed by atoms with Gasteiger partial charge < -0.3 is 9.88 Å². The summed E-state index contributed by atoms with van der Waals surface area (Å²) in [6, 6.07) is 10.6. The van der Waals surface area contributed by atoms with Crippen molar-refractivity contribution in [2.45, 2.75) is 13.8 Å². The van der Waals surface area contributed by atoms with Crippen molar-refractivity contribution < 1.29 is 0 Å². The molecule has 4 heterocycles. The molecule has 0 radical (unpaired) electrons. The molecule has 0 spiro atoms. The molecule has 2 N–H and O–H groups in total. The Morgan fingerprint density at radius 1 is 1.14 bits per heavy atom. The maximum absolute atomic E-state index is 4.96. The van der Waals surface area contributed by atoms with Crippen molar-refractivity contribution in [3.05, 3.63) is 83.5 Å². The number of allylic oxidation sites excluding steroid dienone is 3. The first-order valence-corrected chi connectivity index (χ1v) is 12.3. The molecule has 5 rings (SSSR count). The lowest BCUT2D eigenvalue weighted by Gasteiger charge is -2.11. The summed E-state index contributed by atoms with van der Waals surface area (Å²) in [7, 11) is 4.12. The number of aromatic nitrogens is 5. The minimum absolute atomic E-state index is 0.725. The summed E-state index contributed by atoms with van der Waals surface area (Å²) in [6.07, 6.45) is 9.94. The van der Waals surface area contributed by atoms with E-state index in [2.05, 4.69) is 102 Å². The highest BCUT2D eigenvalue weighted by molar-refractivity contribution is 7.15. The third kappa shape index (κ3) is 4.48. The number of likely N-dealkylation sites (N-methyl/N-ethyl adjacent to an activating group) is 1. The van der Waals surface area contributed by atoms with E-state index in [1.54, 1.807) is 11.3 Å². The predicted octanol–water partition coefficient (Wildman–Crippen LogP) is 6.62. The van der Waals surface area contributed by atoms with Gasteiger partial charge in [0.2, 0.25) is 0 Å². The topological polar surface area (TPSA) is 73.5 Å². The minimum Gasteiger partial charge on any atom is -0.335 e. The monoisotopic (exact) mass is 480 g/mol. The fraction of sp³-hybridized carbons (Fsp3) is 0.179. The Labute approximate surface area is 208 Å². The molecule has 6 nitrogen and oxygen atoms in total. The molecule has 0 amide bonds. The molecule has 0 saturated heterocycles. The van der Waals surface area contributed by atoms with Gasteiger partial charge in [0, 0.05) is 33.4 Å². The Morgan fingerprint density at radius 2 is 2.00 bits per heavy atom. The molecule has 0 aliphatic rings. The van der Waals surface area contributed by atoms with Gasteiger partial charge >= 0.3 is 0 Å². The van der Waals surface area contributed by atoms with Crippen molar-refractivity contribution in [3.8, 4) is 22.0 Å². The van der Waals surface area contributed by atoms with E-state index >= 15 is 0 Å². The van der Waals surface area contributed by atoms with Crippen LogP contribution in [0.1, 0.15) is 17.4 Å². The molecular weight excluding hydrogens is 452 g/mol. The Bertz CT molecular complexity index is 1590. The molecule has 0 aliphatic heterocycles. The predicted molar refractivity (Wildman–Crippen MR) is 148 cm³/mol. The number of H-pyrrole nitrogens is 2. The van der Waals surface area contributed by atoms with Crippen LogP contribution in [0.2, 0.25) is 0 Å². The number of nitrogens with zero attached hydrogens (tertiary/aromatic N) is 4. The number of rotatable bonds is 7. The van der Waals surface area contributed by atoms with Crippen molar-refractivity contribution in [2.75, 3.05) is 20.6 Å². The number of pyridine rings is 1. The van der Waals surface area contributed by atoms with Crippen LogP contribution in [0, 0.1) is 6.92 Å². The number of fused-ring (bicyclic) bond motifs is 2. The molecule has 7 heteroatoms. The lowest BCUT2D eigenvalue weighted by atomic mass is 10.00. The van der Waals surface area contributed by atoms with Crippen molar-refractivity contribution in [1.29, 1.82) is 0 Å². The van der Waals surface area contributed by atoms with Gasteiger partial charge in [-0.3, -0.25) is 10.1 Å². The molecule has 4 aromatic heterocycles. The Morgan fingerprint density at radius 3 is 2.71 bits per heavy atom. The minimum atomic E-state index is 0.725. The van der Waals surface area contributed by atoms with Gasteiger partial charge in [-0.05, 0) is 68.9 Å². The third-order valence-electron chi connectivity index (χ3n) is 5.93. The fourth-order valence-corrected chi connectivity index (χ4v) is 5.12. The van der Waals surface area contributed by atoms with Crippen molar-refractivity contribution in [3.63, 3.8) is 0 Å². The highest BCUT2D eigenvalue weighted by Crippen LogP contribution is 2.34.